The summed E-state index contributed by atoms with van der Waals surface area (Å²) in [5, 5.41) is 0.154. The minimum absolute atomic E-state index is 0.119. The van der Waals surface area contributed by atoms with Gasteiger partial charge in [-0.1, -0.05) is 23.7 Å². The first-order valence-electron chi connectivity index (χ1n) is 6.59. The van der Waals surface area contributed by atoms with Crippen LogP contribution in [0.2, 0.25) is 5.02 Å². The lowest BCUT2D eigenvalue weighted by Gasteiger charge is -2.15. The zero-order valence-corrected chi connectivity index (χ0v) is 13.2. The van der Waals surface area contributed by atoms with Crippen LogP contribution < -0.4 is 5.73 Å². The fraction of sp³-hybridized carbons (Fsp3) is 0.571. The van der Waals surface area contributed by atoms with Crippen molar-refractivity contribution in [1.82, 2.24) is 0 Å². The summed E-state index contributed by atoms with van der Waals surface area (Å²) in [6.45, 7) is 3.09. The van der Waals surface area contributed by atoms with Gasteiger partial charge in [-0.2, -0.15) is 0 Å². The number of sulfone groups is 1. The molecule has 3 atom stereocenters. The van der Waals surface area contributed by atoms with Crippen molar-refractivity contribution < 1.29 is 13.2 Å². The molecule has 0 aromatic heterocycles. The molecule has 0 amide bonds. The predicted octanol–water partition coefficient (Wildman–Crippen LogP) is 1.83. The molecule has 4 nitrogen and oxygen atoms in total. The van der Waals surface area contributed by atoms with E-state index in [-0.39, 0.29) is 12.5 Å². The summed E-state index contributed by atoms with van der Waals surface area (Å²) < 4.78 is 29.6. The first kappa shape index (κ1) is 15.8. The lowest BCUT2D eigenvalue weighted by Crippen LogP contribution is -2.28. The van der Waals surface area contributed by atoms with Crippen LogP contribution in [0, 0.1) is 5.41 Å². The van der Waals surface area contributed by atoms with E-state index in [1.807, 2.05) is 19.1 Å². The van der Waals surface area contributed by atoms with Gasteiger partial charge >= 0.3 is 0 Å². The lowest BCUT2D eigenvalue weighted by atomic mass is 10.00. The highest BCUT2D eigenvalue weighted by Gasteiger charge is 2.69. The van der Waals surface area contributed by atoms with E-state index in [0.717, 1.165) is 5.56 Å². The number of hydrogen-bond donors (Lipinski definition) is 1. The highest BCUT2D eigenvalue weighted by molar-refractivity contribution is 7.91. The van der Waals surface area contributed by atoms with E-state index in [9.17, 15) is 8.42 Å². The van der Waals surface area contributed by atoms with Crippen molar-refractivity contribution in [3.63, 3.8) is 0 Å². The summed E-state index contributed by atoms with van der Waals surface area (Å²) in [6, 6.07) is 7.29. The molecule has 0 bridgehead atoms. The maximum Gasteiger partial charge on any atom is 0.151 e. The fourth-order valence-electron chi connectivity index (χ4n) is 3.07. The largest absolute Gasteiger partial charge is 0.381 e. The number of ether oxygens (including phenoxy) is 1. The Kier molecular flexibility index (Phi) is 4.44. The van der Waals surface area contributed by atoms with E-state index in [1.54, 1.807) is 12.1 Å². The standard InChI is InChI=1S/C14H20ClNO3S/c1-3-19-9-14(8-16)12(13(14)20(2,17)18)10-4-6-11(15)7-5-10/h4-7,12-13H,3,8-9,16H2,1-2H3/t12-,13+,14-/m1/s1. The van der Waals surface area contributed by atoms with Gasteiger partial charge in [0.2, 0.25) is 0 Å². The van der Waals surface area contributed by atoms with Crippen LogP contribution in [0.15, 0.2) is 24.3 Å². The average molecular weight is 318 g/mol. The van der Waals surface area contributed by atoms with Gasteiger partial charge in [0.15, 0.2) is 9.84 Å². The predicted molar refractivity (Wildman–Crippen MR) is 80.8 cm³/mol. The molecule has 1 aromatic rings. The molecule has 1 aliphatic carbocycles. The molecule has 0 unspecified atom stereocenters. The monoisotopic (exact) mass is 317 g/mol. The van der Waals surface area contributed by atoms with Crippen molar-refractivity contribution in [3.05, 3.63) is 34.9 Å². The van der Waals surface area contributed by atoms with Crippen LogP contribution in [0.4, 0.5) is 0 Å². The normalized spacial score (nSPS) is 29.4. The first-order chi connectivity index (χ1) is 9.36. The Morgan fingerprint density at radius 1 is 1.35 bits per heavy atom. The highest BCUT2D eigenvalue weighted by atomic mass is 35.5. The number of nitrogens with two attached hydrogens (primary N) is 1. The van der Waals surface area contributed by atoms with Crippen molar-refractivity contribution >= 4 is 21.4 Å². The molecule has 0 aliphatic heterocycles. The maximum absolute atomic E-state index is 12.0. The third kappa shape index (κ3) is 2.72. The Balaban J connectivity index is 2.36. The minimum atomic E-state index is -3.18. The van der Waals surface area contributed by atoms with Gasteiger partial charge in [0.05, 0.1) is 11.9 Å². The summed E-state index contributed by atoms with van der Waals surface area (Å²) in [6.07, 6.45) is 1.27. The second-order valence-corrected chi connectivity index (χ2v) is 7.96. The molecule has 0 saturated heterocycles. The molecule has 0 radical (unpaired) electrons. The molecule has 1 saturated carbocycles. The quantitative estimate of drug-likeness (QED) is 0.869. The fourth-order valence-corrected chi connectivity index (χ4v) is 5.20. The Morgan fingerprint density at radius 2 is 1.95 bits per heavy atom. The van der Waals surface area contributed by atoms with Crippen LogP contribution in [0.5, 0.6) is 0 Å². The molecular weight excluding hydrogens is 298 g/mol. The first-order valence-corrected chi connectivity index (χ1v) is 8.92. The molecule has 6 heteroatoms. The van der Waals surface area contributed by atoms with Crippen molar-refractivity contribution in [3.8, 4) is 0 Å². The molecule has 1 aliphatic rings. The van der Waals surface area contributed by atoms with Gasteiger partial charge < -0.3 is 10.5 Å². The Hall–Kier alpha value is -0.620. The van der Waals surface area contributed by atoms with Gasteiger partial charge in [-0.25, -0.2) is 8.42 Å². The number of halogens is 1. The summed E-state index contributed by atoms with van der Waals surface area (Å²) in [7, 11) is -3.18. The van der Waals surface area contributed by atoms with Gasteiger partial charge in [0.1, 0.15) is 0 Å². The van der Waals surface area contributed by atoms with Gasteiger partial charge in [-0.15, -0.1) is 0 Å². The van der Waals surface area contributed by atoms with E-state index in [1.165, 1.54) is 6.26 Å². The molecule has 0 spiro atoms. The van der Waals surface area contributed by atoms with E-state index in [4.69, 9.17) is 22.1 Å². The molecule has 112 valence electrons. The van der Waals surface area contributed by atoms with Crippen molar-refractivity contribution in [2.24, 2.45) is 11.1 Å². The van der Waals surface area contributed by atoms with Crippen LogP contribution in [-0.4, -0.2) is 39.7 Å². The third-order valence-corrected chi connectivity index (χ3v) is 5.94. The second-order valence-electron chi connectivity index (χ2n) is 5.35. The van der Waals surface area contributed by atoms with Crippen LogP contribution in [0.3, 0.4) is 0 Å². The second kappa shape index (κ2) is 5.64. The smallest absolute Gasteiger partial charge is 0.151 e. The summed E-state index contributed by atoms with van der Waals surface area (Å²) in [4.78, 5) is 0. The van der Waals surface area contributed by atoms with Gasteiger partial charge in [-0.3, -0.25) is 0 Å². The van der Waals surface area contributed by atoms with Crippen molar-refractivity contribution in [1.29, 1.82) is 0 Å². The lowest BCUT2D eigenvalue weighted by molar-refractivity contribution is 0.101. The van der Waals surface area contributed by atoms with E-state index in [0.29, 0.717) is 18.2 Å². The Labute approximate surface area is 125 Å². The maximum atomic E-state index is 12.0. The molecule has 1 aromatic carbocycles. The molecule has 2 N–H and O–H groups in total. The average Bonchev–Trinajstić information content (AvgIpc) is 3.07. The minimum Gasteiger partial charge on any atom is -0.381 e. The topological polar surface area (TPSA) is 69.4 Å². The summed E-state index contributed by atoms with van der Waals surface area (Å²) >= 11 is 5.88. The zero-order chi connectivity index (χ0) is 15.0. The third-order valence-electron chi connectivity index (χ3n) is 4.02. The van der Waals surface area contributed by atoms with Gasteiger partial charge in [0, 0.05) is 35.8 Å². The van der Waals surface area contributed by atoms with Crippen molar-refractivity contribution in [2.45, 2.75) is 18.1 Å². The molecule has 1 fully saturated rings. The molecule has 20 heavy (non-hydrogen) atoms. The number of rotatable bonds is 6. The number of benzene rings is 1. The molecule has 2 rings (SSSR count). The number of hydrogen-bond acceptors (Lipinski definition) is 4. The van der Waals surface area contributed by atoms with Gasteiger partial charge in [0.25, 0.3) is 0 Å². The van der Waals surface area contributed by atoms with Crippen LogP contribution in [0.1, 0.15) is 18.4 Å². The SMILES string of the molecule is CCOC[C@]1(CN)[C@H](c2ccc(Cl)cc2)[C@@H]1S(C)(=O)=O. The van der Waals surface area contributed by atoms with Gasteiger partial charge in [-0.05, 0) is 24.6 Å². The van der Waals surface area contributed by atoms with E-state index >= 15 is 0 Å². The van der Waals surface area contributed by atoms with E-state index in [2.05, 4.69) is 0 Å². The van der Waals surface area contributed by atoms with E-state index < -0.39 is 20.5 Å². The Bertz CT molecular complexity index is 573. The van der Waals surface area contributed by atoms with Crippen molar-refractivity contribution in [2.75, 3.05) is 26.0 Å². The Morgan fingerprint density at radius 3 is 2.40 bits per heavy atom. The molecular formula is C14H20ClNO3S. The van der Waals surface area contributed by atoms with Crippen LogP contribution in [0.25, 0.3) is 0 Å². The molecule has 0 heterocycles. The summed E-state index contributed by atoms with van der Waals surface area (Å²) in [5.41, 5.74) is 6.32. The van der Waals surface area contributed by atoms with Crippen LogP contribution >= 0.6 is 11.6 Å². The zero-order valence-electron chi connectivity index (χ0n) is 11.7. The van der Waals surface area contributed by atoms with Crippen LogP contribution in [-0.2, 0) is 14.6 Å². The summed E-state index contributed by atoms with van der Waals surface area (Å²) in [5.74, 6) is -0.119. The highest BCUT2D eigenvalue weighted by Crippen LogP contribution is 2.62.